The Morgan fingerprint density at radius 3 is 1.79 bits per heavy atom. The zero-order valence-corrected chi connectivity index (χ0v) is 22.0. The second-order valence-corrected chi connectivity index (χ2v) is 10.9. The quantitative estimate of drug-likeness (QED) is 0.238. The molecule has 2 N–H and O–H groups in total. The third kappa shape index (κ3) is 10.3. The van der Waals surface area contributed by atoms with Crippen molar-refractivity contribution in [3.05, 3.63) is 53.6 Å². The highest BCUT2D eigenvalue weighted by Gasteiger charge is 2.14. The van der Waals surface area contributed by atoms with Crippen molar-refractivity contribution in [1.82, 2.24) is 0 Å². The summed E-state index contributed by atoms with van der Waals surface area (Å²) >= 11 is 0. The van der Waals surface area contributed by atoms with Crippen molar-refractivity contribution in [2.24, 2.45) is 0 Å². The standard InChI is InChI=1S/C28H42N2O3S/c1-4-5-6-7-8-9-10-11-12-13-14-15-28(31)29-25-18-20-27(21-19-25)34(32,33)30-26-17-16-23(2)24(3)22-26/h16-22,30H,4-15H2,1-3H3,(H,29,31). The molecule has 0 aromatic heterocycles. The van der Waals surface area contributed by atoms with E-state index in [-0.39, 0.29) is 10.8 Å². The number of hydrogen-bond donors (Lipinski definition) is 2. The van der Waals surface area contributed by atoms with Crippen LogP contribution in [-0.2, 0) is 14.8 Å². The fourth-order valence-corrected chi connectivity index (χ4v) is 4.96. The van der Waals surface area contributed by atoms with Crippen LogP contribution < -0.4 is 10.0 Å². The molecule has 0 aliphatic heterocycles. The predicted octanol–water partition coefficient (Wildman–Crippen LogP) is 7.74. The molecule has 6 heteroatoms. The van der Waals surface area contributed by atoms with Crippen LogP contribution in [0.2, 0.25) is 0 Å². The Bertz CT molecular complexity index is 985. The minimum Gasteiger partial charge on any atom is -0.326 e. The molecule has 0 fully saturated rings. The molecule has 2 aromatic rings. The van der Waals surface area contributed by atoms with Crippen molar-refractivity contribution in [3.8, 4) is 0 Å². The Morgan fingerprint density at radius 1 is 0.706 bits per heavy atom. The molecule has 0 saturated heterocycles. The van der Waals surface area contributed by atoms with Crippen LogP contribution in [0.1, 0.15) is 95.1 Å². The van der Waals surface area contributed by atoms with Gasteiger partial charge in [-0.05, 0) is 67.8 Å². The number of carbonyl (C=O) groups is 1. The number of anilines is 2. The molecule has 0 aliphatic rings. The maximum Gasteiger partial charge on any atom is 0.261 e. The summed E-state index contributed by atoms with van der Waals surface area (Å²) in [5.74, 6) is -0.0280. The van der Waals surface area contributed by atoms with E-state index in [2.05, 4.69) is 17.0 Å². The number of nitrogens with one attached hydrogen (secondary N) is 2. The first-order valence-corrected chi connectivity index (χ1v) is 14.3. The second kappa shape index (κ2) is 14.8. The summed E-state index contributed by atoms with van der Waals surface area (Å²) in [4.78, 5) is 12.4. The van der Waals surface area contributed by atoms with Crippen molar-refractivity contribution < 1.29 is 13.2 Å². The molecule has 1 amide bonds. The van der Waals surface area contributed by atoms with Gasteiger partial charge >= 0.3 is 0 Å². The summed E-state index contributed by atoms with van der Waals surface area (Å²) in [6.45, 7) is 6.18. The highest BCUT2D eigenvalue weighted by Crippen LogP contribution is 2.21. The number of benzene rings is 2. The Hall–Kier alpha value is -2.34. The van der Waals surface area contributed by atoms with Gasteiger partial charge in [0.25, 0.3) is 10.0 Å². The molecule has 0 aliphatic carbocycles. The molecule has 0 atom stereocenters. The largest absolute Gasteiger partial charge is 0.326 e. The number of aryl methyl sites for hydroxylation is 2. The van der Waals surface area contributed by atoms with E-state index in [1.165, 1.54) is 69.9 Å². The first-order valence-electron chi connectivity index (χ1n) is 12.8. The second-order valence-electron chi connectivity index (χ2n) is 9.26. The number of carbonyl (C=O) groups excluding carboxylic acids is 1. The summed E-state index contributed by atoms with van der Waals surface area (Å²) < 4.78 is 27.9. The lowest BCUT2D eigenvalue weighted by Crippen LogP contribution is -2.14. The van der Waals surface area contributed by atoms with Crippen molar-refractivity contribution in [2.45, 2.75) is 103 Å². The molecule has 0 unspecified atom stereocenters. The van der Waals surface area contributed by atoms with Crippen molar-refractivity contribution in [2.75, 3.05) is 10.0 Å². The summed E-state index contributed by atoms with van der Waals surface area (Å²) in [6.07, 6.45) is 14.3. The zero-order chi connectivity index (χ0) is 24.8. The van der Waals surface area contributed by atoms with Crippen molar-refractivity contribution >= 4 is 27.3 Å². The van der Waals surface area contributed by atoms with Gasteiger partial charge < -0.3 is 5.32 Å². The molecule has 2 aromatic carbocycles. The normalized spacial score (nSPS) is 11.4. The van der Waals surface area contributed by atoms with Gasteiger partial charge in [0, 0.05) is 17.8 Å². The number of amides is 1. The molecular formula is C28H42N2O3S. The fourth-order valence-electron chi connectivity index (χ4n) is 3.91. The molecule has 34 heavy (non-hydrogen) atoms. The first kappa shape index (κ1) is 27.9. The summed E-state index contributed by atoms with van der Waals surface area (Å²) in [5.41, 5.74) is 3.28. The van der Waals surface area contributed by atoms with Gasteiger partial charge in [0.1, 0.15) is 0 Å². The van der Waals surface area contributed by atoms with Gasteiger partial charge in [-0.2, -0.15) is 0 Å². The Balaban J connectivity index is 1.67. The summed E-state index contributed by atoms with van der Waals surface area (Å²) in [7, 11) is -3.68. The van der Waals surface area contributed by atoms with Crippen LogP contribution >= 0.6 is 0 Å². The van der Waals surface area contributed by atoms with Crippen LogP contribution in [0.15, 0.2) is 47.4 Å². The average molecular weight is 487 g/mol. The van der Waals surface area contributed by atoms with Gasteiger partial charge in [0.05, 0.1) is 4.90 Å². The molecule has 0 bridgehead atoms. The number of rotatable bonds is 16. The van der Waals surface area contributed by atoms with E-state index in [4.69, 9.17) is 0 Å². The van der Waals surface area contributed by atoms with E-state index in [0.717, 1.165) is 24.0 Å². The monoisotopic (exact) mass is 486 g/mol. The Morgan fingerprint density at radius 2 is 1.24 bits per heavy atom. The lowest BCUT2D eigenvalue weighted by atomic mass is 10.1. The van der Waals surface area contributed by atoms with Crippen LogP contribution in [0.25, 0.3) is 0 Å². The van der Waals surface area contributed by atoms with E-state index in [1.54, 1.807) is 18.2 Å². The van der Waals surface area contributed by atoms with Crippen LogP contribution in [0.4, 0.5) is 11.4 Å². The number of hydrogen-bond acceptors (Lipinski definition) is 3. The van der Waals surface area contributed by atoms with Crippen LogP contribution in [0.5, 0.6) is 0 Å². The van der Waals surface area contributed by atoms with Crippen LogP contribution in [0, 0.1) is 13.8 Å². The number of unbranched alkanes of at least 4 members (excludes halogenated alkanes) is 10. The van der Waals surface area contributed by atoms with Gasteiger partial charge in [-0.15, -0.1) is 0 Å². The van der Waals surface area contributed by atoms with Gasteiger partial charge in [0.2, 0.25) is 5.91 Å². The van der Waals surface area contributed by atoms with E-state index < -0.39 is 10.0 Å². The molecule has 188 valence electrons. The Kier molecular flexibility index (Phi) is 12.2. The van der Waals surface area contributed by atoms with E-state index in [9.17, 15) is 13.2 Å². The van der Waals surface area contributed by atoms with Crippen molar-refractivity contribution in [3.63, 3.8) is 0 Å². The first-order chi connectivity index (χ1) is 16.3. The SMILES string of the molecule is CCCCCCCCCCCCCC(=O)Nc1ccc(S(=O)(=O)Nc2ccc(C)c(C)c2)cc1. The van der Waals surface area contributed by atoms with E-state index >= 15 is 0 Å². The molecule has 2 rings (SSSR count). The molecule has 0 heterocycles. The van der Waals surface area contributed by atoms with Gasteiger partial charge in [-0.1, -0.05) is 77.2 Å². The van der Waals surface area contributed by atoms with Crippen LogP contribution in [-0.4, -0.2) is 14.3 Å². The minimum absolute atomic E-state index is 0.0280. The van der Waals surface area contributed by atoms with Crippen molar-refractivity contribution in [1.29, 1.82) is 0 Å². The average Bonchev–Trinajstić information content (AvgIpc) is 2.80. The molecular weight excluding hydrogens is 444 g/mol. The smallest absolute Gasteiger partial charge is 0.261 e. The lowest BCUT2D eigenvalue weighted by molar-refractivity contribution is -0.116. The van der Waals surface area contributed by atoms with E-state index in [1.807, 2.05) is 26.0 Å². The van der Waals surface area contributed by atoms with Gasteiger partial charge in [-0.3, -0.25) is 9.52 Å². The third-order valence-electron chi connectivity index (χ3n) is 6.21. The Labute approximate surface area is 206 Å². The lowest BCUT2D eigenvalue weighted by Gasteiger charge is -2.11. The van der Waals surface area contributed by atoms with Gasteiger partial charge in [-0.25, -0.2) is 8.42 Å². The fraction of sp³-hybridized carbons (Fsp3) is 0.536. The predicted molar refractivity (Wildman–Crippen MR) is 143 cm³/mol. The molecule has 0 spiro atoms. The third-order valence-corrected chi connectivity index (χ3v) is 7.61. The summed E-state index contributed by atoms with van der Waals surface area (Å²) in [5, 5.41) is 2.87. The zero-order valence-electron chi connectivity index (χ0n) is 21.2. The molecule has 0 radical (unpaired) electrons. The molecule has 5 nitrogen and oxygen atoms in total. The van der Waals surface area contributed by atoms with Crippen LogP contribution in [0.3, 0.4) is 0 Å². The maximum atomic E-state index is 12.7. The highest BCUT2D eigenvalue weighted by molar-refractivity contribution is 7.92. The van der Waals surface area contributed by atoms with E-state index in [0.29, 0.717) is 17.8 Å². The minimum atomic E-state index is -3.68. The molecule has 0 saturated carbocycles. The maximum absolute atomic E-state index is 12.7. The topological polar surface area (TPSA) is 75.3 Å². The van der Waals surface area contributed by atoms with Gasteiger partial charge in [0.15, 0.2) is 0 Å². The number of sulfonamides is 1. The highest BCUT2D eigenvalue weighted by atomic mass is 32.2. The summed E-state index contributed by atoms with van der Waals surface area (Å²) in [6, 6.07) is 11.8.